The molecule has 2 aromatic carbocycles. The second kappa shape index (κ2) is 4.77. The van der Waals surface area contributed by atoms with Gasteiger partial charge in [0.15, 0.2) is 0 Å². The third kappa shape index (κ3) is 2.58. The van der Waals surface area contributed by atoms with E-state index in [2.05, 4.69) is 62.0 Å². The van der Waals surface area contributed by atoms with Crippen molar-refractivity contribution in [3.63, 3.8) is 0 Å². The maximum atomic E-state index is 4.52. The summed E-state index contributed by atoms with van der Waals surface area (Å²) in [5.41, 5.74) is 1.22. The third-order valence-electron chi connectivity index (χ3n) is 2.17. The van der Waals surface area contributed by atoms with E-state index in [0.717, 1.165) is 4.90 Å². The molecule has 0 saturated carbocycles. The van der Waals surface area contributed by atoms with Gasteiger partial charge < -0.3 is 0 Å². The topological polar surface area (TPSA) is 0 Å². The van der Waals surface area contributed by atoms with E-state index in [1.807, 2.05) is 6.07 Å². The van der Waals surface area contributed by atoms with Crippen molar-refractivity contribution in [2.24, 2.45) is 0 Å². The Morgan fingerprint density at radius 1 is 0.933 bits per heavy atom. The third-order valence-corrected chi connectivity index (χ3v) is 3.98. The number of hydrogen-bond acceptors (Lipinski definition) is 2. The Morgan fingerprint density at radius 2 is 1.67 bits per heavy atom. The van der Waals surface area contributed by atoms with Crippen LogP contribution in [0.15, 0.2) is 63.2 Å². The molecule has 15 heavy (non-hydrogen) atoms. The van der Waals surface area contributed by atoms with Crippen LogP contribution in [0.4, 0.5) is 0 Å². The van der Waals surface area contributed by atoms with Crippen molar-refractivity contribution >= 4 is 24.4 Å². The van der Waals surface area contributed by atoms with Gasteiger partial charge in [-0.1, -0.05) is 42.1 Å². The van der Waals surface area contributed by atoms with Gasteiger partial charge in [-0.3, -0.25) is 0 Å². The number of benzene rings is 2. The molecule has 0 spiro atoms. The highest BCUT2D eigenvalue weighted by Gasteiger charge is 2.02. The zero-order valence-corrected chi connectivity index (χ0v) is 10.2. The van der Waals surface area contributed by atoms with E-state index in [1.165, 1.54) is 15.4 Å². The predicted molar refractivity (Wildman–Crippen MR) is 69.0 cm³/mol. The fourth-order valence-corrected chi connectivity index (χ4v) is 2.57. The maximum Gasteiger partial charge on any atom is 0.0258 e. The highest BCUT2D eigenvalue weighted by molar-refractivity contribution is 7.99. The molecule has 0 atom stereocenters. The van der Waals surface area contributed by atoms with Crippen LogP contribution in [-0.4, -0.2) is 0 Å². The quantitative estimate of drug-likeness (QED) is 0.747. The Labute approximate surface area is 100 Å². The molecule has 0 saturated heterocycles. The molecule has 0 bridgehead atoms. The Bertz CT molecular complexity index is 449. The van der Waals surface area contributed by atoms with E-state index in [4.69, 9.17) is 0 Å². The monoisotopic (exact) mass is 232 g/mol. The van der Waals surface area contributed by atoms with Crippen molar-refractivity contribution < 1.29 is 0 Å². The molecule has 0 N–H and O–H groups in total. The van der Waals surface area contributed by atoms with Gasteiger partial charge in [0.1, 0.15) is 0 Å². The fraction of sp³-hybridized carbons (Fsp3) is 0.0769. The number of aryl methyl sites for hydroxylation is 1. The maximum absolute atomic E-state index is 4.52. The van der Waals surface area contributed by atoms with Crippen molar-refractivity contribution in [2.45, 2.75) is 21.6 Å². The Morgan fingerprint density at radius 3 is 2.40 bits per heavy atom. The van der Waals surface area contributed by atoms with Crippen LogP contribution in [0.3, 0.4) is 0 Å². The van der Waals surface area contributed by atoms with Crippen molar-refractivity contribution in [3.8, 4) is 0 Å². The molecule has 0 amide bonds. The van der Waals surface area contributed by atoms with Gasteiger partial charge in [0.05, 0.1) is 0 Å². The summed E-state index contributed by atoms with van der Waals surface area (Å²) in [6.07, 6.45) is 0. The minimum absolute atomic E-state index is 1.08. The average Bonchev–Trinajstić information content (AvgIpc) is 2.26. The van der Waals surface area contributed by atoms with Gasteiger partial charge in [-0.15, -0.1) is 12.6 Å². The lowest BCUT2D eigenvalue weighted by Gasteiger charge is -2.06. The molecule has 2 rings (SSSR count). The lowest BCUT2D eigenvalue weighted by molar-refractivity contribution is 1.17. The zero-order chi connectivity index (χ0) is 10.7. The van der Waals surface area contributed by atoms with Crippen LogP contribution in [0.2, 0.25) is 0 Å². The average molecular weight is 232 g/mol. The lowest BCUT2D eigenvalue weighted by Crippen LogP contribution is -1.80. The Kier molecular flexibility index (Phi) is 3.39. The molecule has 0 heterocycles. The molecule has 2 heteroatoms. The molecule has 0 nitrogen and oxygen atoms in total. The van der Waals surface area contributed by atoms with Crippen molar-refractivity contribution in [3.05, 3.63) is 54.1 Å². The number of thiol groups is 1. The summed E-state index contributed by atoms with van der Waals surface area (Å²) in [6, 6.07) is 16.6. The summed E-state index contributed by atoms with van der Waals surface area (Å²) in [7, 11) is 0. The van der Waals surface area contributed by atoms with Crippen LogP contribution >= 0.6 is 24.4 Å². The van der Waals surface area contributed by atoms with E-state index in [-0.39, 0.29) is 0 Å². The minimum atomic E-state index is 1.08. The first kappa shape index (κ1) is 10.7. The van der Waals surface area contributed by atoms with Crippen molar-refractivity contribution in [1.82, 2.24) is 0 Å². The van der Waals surface area contributed by atoms with Crippen LogP contribution in [0.25, 0.3) is 0 Å². The van der Waals surface area contributed by atoms with E-state index >= 15 is 0 Å². The molecule has 76 valence electrons. The zero-order valence-electron chi connectivity index (χ0n) is 8.47. The van der Waals surface area contributed by atoms with Crippen LogP contribution in [0.5, 0.6) is 0 Å². The molecule has 0 aliphatic rings. The number of hydrogen-bond donors (Lipinski definition) is 1. The second-order valence-corrected chi connectivity index (χ2v) is 4.90. The molecule has 0 unspecified atom stereocenters. The van der Waals surface area contributed by atoms with E-state index in [0.29, 0.717) is 0 Å². The van der Waals surface area contributed by atoms with Crippen LogP contribution in [0.1, 0.15) is 5.56 Å². The first-order chi connectivity index (χ1) is 7.27. The first-order valence-electron chi connectivity index (χ1n) is 4.79. The molecule has 0 radical (unpaired) electrons. The van der Waals surface area contributed by atoms with E-state index in [9.17, 15) is 0 Å². The van der Waals surface area contributed by atoms with Crippen molar-refractivity contribution in [2.75, 3.05) is 0 Å². The van der Waals surface area contributed by atoms with Crippen LogP contribution in [-0.2, 0) is 0 Å². The minimum Gasteiger partial charge on any atom is -0.142 e. The van der Waals surface area contributed by atoms with E-state index in [1.54, 1.807) is 11.8 Å². The summed E-state index contributed by atoms with van der Waals surface area (Å²) >= 11 is 6.27. The SMILES string of the molecule is Cc1cccc(Sc2ccccc2)c1S. The summed E-state index contributed by atoms with van der Waals surface area (Å²) in [5.74, 6) is 0. The number of rotatable bonds is 2. The molecule has 0 aromatic heterocycles. The van der Waals surface area contributed by atoms with Gasteiger partial charge in [-0.2, -0.15) is 0 Å². The molecule has 2 aromatic rings. The summed E-state index contributed by atoms with van der Waals surface area (Å²) in [4.78, 5) is 3.54. The fourth-order valence-electron chi connectivity index (χ4n) is 1.33. The van der Waals surface area contributed by atoms with E-state index < -0.39 is 0 Å². The molecular formula is C13H12S2. The van der Waals surface area contributed by atoms with Gasteiger partial charge in [-0.25, -0.2) is 0 Å². The largest absolute Gasteiger partial charge is 0.142 e. The molecule has 0 aliphatic heterocycles. The summed E-state index contributed by atoms with van der Waals surface area (Å²) in [5, 5.41) is 0. The smallest absolute Gasteiger partial charge is 0.0258 e. The summed E-state index contributed by atoms with van der Waals surface area (Å²) in [6.45, 7) is 2.08. The Hall–Kier alpha value is -0.860. The predicted octanol–water partition coefficient (Wildman–Crippen LogP) is 4.43. The second-order valence-electron chi connectivity index (χ2n) is 3.34. The van der Waals surface area contributed by atoms with Gasteiger partial charge in [0.2, 0.25) is 0 Å². The molecule has 0 fully saturated rings. The lowest BCUT2D eigenvalue weighted by atomic mass is 10.2. The molecular weight excluding hydrogens is 220 g/mol. The highest BCUT2D eigenvalue weighted by atomic mass is 32.2. The van der Waals surface area contributed by atoms with Crippen LogP contribution < -0.4 is 0 Å². The van der Waals surface area contributed by atoms with Gasteiger partial charge in [0.25, 0.3) is 0 Å². The van der Waals surface area contributed by atoms with Gasteiger partial charge in [0, 0.05) is 14.7 Å². The van der Waals surface area contributed by atoms with Crippen molar-refractivity contribution in [1.29, 1.82) is 0 Å². The highest BCUT2D eigenvalue weighted by Crippen LogP contribution is 2.33. The van der Waals surface area contributed by atoms with Crippen LogP contribution in [0, 0.1) is 6.92 Å². The Balaban J connectivity index is 2.29. The van der Waals surface area contributed by atoms with Gasteiger partial charge >= 0.3 is 0 Å². The normalized spacial score (nSPS) is 10.3. The first-order valence-corrected chi connectivity index (χ1v) is 6.05. The molecule has 0 aliphatic carbocycles. The summed E-state index contributed by atoms with van der Waals surface area (Å²) < 4.78 is 0. The van der Waals surface area contributed by atoms with Gasteiger partial charge in [-0.05, 0) is 30.7 Å². The standard InChI is InChI=1S/C13H12S2/c1-10-6-5-9-12(13(10)14)15-11-7-3-2-4-8-11/h2-9,14H,1H3.